The minimum absolute atomic E-state index is 0.281. The van der Waals surface area contributed by atoms with Crippen LogP contribution in [-0.4, -0.2) is 35.4 Å². The fourth-order valence-electron chi connectivity index (χ4n) is 4.57. The van der Waals surface area contributed by atoms with Gasteiger partial charge in [-0.3, -0.25) is 4.79 Å². The standard InChI is InChI=1S/C23H27NO2/c1-22(12-11-18-7-5-6-10-20(18)21(22)25)17-24-15-13-23(26,14-16-24)19-8-3-2-4-9-19/h2-10,26H,11-17H2,1H3. The van der Waals surface area contributed by atoms with Gasteiger partial charge >= 0.3 is 0 Å². The number of ketones is 1. The van der Waals surface area contributed by atoms with Crippen molar-refractivity contribution < 1.29 is 9.90 Å². The number of aryl methyl sites for hydroxylation is 1. The molecule has 2 aromatic rings. The second-order valence-electron chi connectivity index (χ2n) is 8.22. The van der Waals surface area contributed by atoms with Crippen molar-refractivity contribution in [2.45, 2.75) is 38.2 Å². The molecule has 1 aliphatic carbocycles. The van der Waals surface area contributed by atoms with Gasteiger partial charge in [-0.1, -0.05) is 61.5 Å². The first kappa shape index (κ1) is 17.4. The normalized spacial score (nSPS) is 25.7. The molecule has 1 aliphatic heterocycles. The number of benzene rings is 2. The first-order valence-electron chi connectivity index (χ1n) is 9.63. The van der Waals surface area contributed by atoms with Gasteiger partial charge in [-0.05, 0) is 36.8 Å². The Hall–Kier alpha value is -1.97. The van der Waals surface area contributed by atoms with Gasteiger partial charge in [-0.15, -0.1) is 0 Å². The van der Waals surface area contributed by atoms with Gasteiger partial charge in [0.05, 0.1) is 5.60 Å². The van der Waals surface area contributed by atoms with Crippen molar-refractivity contribution in [3.8, 4) is 0 Å². The van der Waals surface area contributed by atoms with Crippen molar-refractivity contribution in [3.63, 3.8) is 0 Å². The van der Waals surface area contributed by atoms with Gasteiger partial charge < -0.3 is 10.0 Å². The van der Waals surface area contributed by atoms with Gasteiger partial charge in [0.25, 0.3) is 0 Å². The Morgan fingerprint density at radius 3 is 2.35 bits per heavy atom. The molecule has 2 aliphatic rings. The Morgan fingerprint density at radius 1 is 0.962 bits per heavy atom. The molecule has 26 heavy (non-hydrogen) atoms. The summed E-state index contributed by atoms with van der Waals surface area (Å²) in [5.41, 5.74) is 2.04. The van der Waals surface area contributed by atoms with Crippen LogP contribution in [0.15, 0.2) is 54.6 Å². The van der Waals surface area contributed by atoms with E-state index in [2.05, 4.69) is 17.9 Å². The van der Waals surface area contributed by atoms with Gasteiger partial charge in [0.15, 0.2) is 5.78 Å². The van der Waals surface area contributed by atoms with E-state index in [0.29, 0.717) is 0 Å². The highest BCUT2D eigenvalue weighted by atomic mass is 16.3. The number of Topliss-reactive ketones (excluding diaryl/α,β-unsaturated/α-hetero) is 1. The number of rotatable bonds is 3. The number of piperidine rings is 1. The molecule has 3 heteroatoms. The highest BCUT2D eigenvalue weighted by molar-refractivity contribution is 6.02. The lowest BCUT2D eigenvalue weighted by Crippen LogP contribution is -2.49. The molecule has 1 fully saturated rings. The second-order valence-corrected chi connectivity index (χ2v) is 8.22. The van der Waals surface area contributed by atoms with Crippen LogP contribution in [0, 0.1) is 5.41 Å². The van der Waals surface area contributed by atoms with E-state index in [9.17, 15) is 9.90 Å². The maximum atomic E-state index is 13.1. The lowest BCUT2D eigenvalue weighted by molar-refractivity contribution is -0.0326. The van der Waals surface area contributed by atoms with Crippen molar-refractivity contribution in [2.24, 2.45) is 5.41 Å². The summed E-state index contributed by atoms with van der Waals surface area (Å²) < 4.78 is 0. The lowest BCUT2D eigenvalue weighted by atomic mass is 9.71. The zero-order valence-electron chi connectivity index (χ0n) is 15.4. The monoisotopic (exact) mass is 349 g/mol. The van der Waals surface area contributed by atoms with Gasteiger partial charge in [0.2, 0.25) is 0 Å². The summed E-state index contributed by atoms with van der Waals surface area (Å²) in [5, 5.41) is 11.0. The molecule has 4 rings (SSSR count). The van der Waals surface area contributed by atoms with Gasteiger partial charge in [0, 0.05) is 30.6 Å². The molecular weight excluding hydrogens is 322 g/mol. The van der Waals surface area contributed by atoms with Crippen LogP contribution in [0.1, 0.15) is 47.7 Å². The van der Waals surface area contributed by atoms with E-state index in [1.807, 2.05) is 48.5 Å². The van der Waals surface area contributed by atoms with Crippen molar-refractivity contribution in [3.05, 3.63) is 71.3 Å². The second kappa shape index (κ2) is 6.64. The minimum atomic E-state index is -0.734. The van der Waals surface area contributed by atoms with Crippen molar-refractivity contribution in [1.82, 2.24) is 4.90 Å². The van der Waals surface area contributed by atoms with Crippen molar-refractivity contribution in [2.75, 3.05) is 19.6 Å². The molecule has 0 aromatic heterocycles. The van der Waals surface area contributed by atoms with Gasteiger partial charge in [-0.2, -0.15) is 0 Å². The Bertz CT molecular complexity index is 793. The Kier molecular flexibility index (Phi) is 4.45. The molecule has 1 atom stereocenters. The summed E-state index contributed by atoms with van der Waals surface area (Å²) in [6.45, 7) is 4.56. The third-order valence-electron chi connectivity index (χ3n) is 6.32. The molecule has 3 nitrogen and oxygen atoms in total. The van der Waals surface area contributed by atoms with Crippen molar-refractivity contribution >= 4 is 5.78 Å². The molecule has 0 bridgehead atoms. The molecule has 1 N–H and O–H groups in total. The van der Waals surface area contributed by atoms with Crippen LogP contribution in [0.3, 0.4) is 0 Å². The fraction of sp³-hybridized carbons (Fsp3) is 0.435. The molecule has 136 valence electrons. The Morgan fingerprint density at radius 2 is 1.62 bits per heavy atom. The number of carbonyl (C=O) groups excluding carboxylic acids is 1. The van der Waals surface area contributed by atoms with E-state index in [1.165, 1.54) is 5.56 Å². The number of likely N-dealkylation sites (tertiary alicyclic amines) is 1. The summed E-state index contributed by atoms with van der Waals surface area (Å²) >= 11 is 0. The fourth-order valence-corrected chi connectivity index (χ4v) is 4.57. The van der Waals surface area contributed by atoms with Crippen LogP contribution < -0.4 is 0 Å². The summed E-state index contributed by atoms with van der Waals surface area (Å²) in [5.74, 6) is 0.281. The van der Waals surface area contributed by atoms with Crippen LogP contribution in [-0.2, 0) is 12.0 Å². The molecule has 0 amide bonds. The number of hydrogen-bond acceptors (Lipinski definition) is 3. The minimum Gasteiger partial charge on any atom is -0.385 e. The van der Waals surface area contributed by atoms with Crippen LogP contribution in [0.2, 0.25) is 0 Å². The van der Waals surface area contributed by atoms with E-state index < -0.39 is 5.60 Å². The first-order chi connectivity index (χ1) is 12.5. The van der Waals surface area contributed by atoms with Gasteiger partial charge in [-0.25, -0.2) is 0 Å². The zero-order valence-corrected chi connectivity index (χ0v) is 15.4. The number of carbonyl (C=O) groups is 1. The van der Waals surface area contributed by atoms with Crippen LogP contribution in [0.25, 0.3) is 0 Å². The summed E-state index contributed by atoms with van der Waals surface area (Å²) in [7, 11) is 0. The van der Waals surface area contributed by atoms with E-state index in [4.69, 9.17) is 0 Å². The topological polar surface area (TPSA) is 40.5 Å². The Labute approximate surface area is 155 Å². The predicted octanol–water partition coefficient (Wildman–Crippen LogP) is 3.81. The third-order valence-corrected chi connectivity index (χ3v) is 6.32. The van der Waals surface area contributed by atoms with E-state index in [0.717, 1.165) is 56.4 Å². The van der Waals surface area contributed by atoms with Crippen molar-refractivity contribution in [1.29, 1.82) is 0 Å². The quantitative estimate of drug-likeness (QED) is 0.916. The Balaban J connectivity index is 1.44. The zero-order chi connectivity index (χ0) is 18.2. The maximum Gasteiger partial charge on any atom is 0.170 e. The van der Waals surface area contributed by atoms with Crippen LogP contribution in [0.4, 0.5) is 0 Å². The van der Waals surface area contributed by atoms with E-state index >= 15 is 0 Å². The molecule has 1 unspecified atom stereocenters. The number of fused-ring (bicyclic) bond motifs is 1. The summed E-state index contributed by atoms with van der Waals surface area (Å²) in [6.07, 6.45) is 3.32. The molecule has 1 heterocycles. The average Bonchev–Trinajstić information content (AvgIpc) is 2.68. The van der Waals surface area contributed by atoms with E-state index in [-0.39, 0.29) is 11.2 Å². The highest BCUT2D eigenvalue weighted by Crippen LogP contribution is 2.38. The lowest BCUT2D eigenvalue weighted by Gasteiger charge is -2.43. The number of aliphatic hydroxyl groups is 1. The maximum absolute atomic E-state index is 13.1. The smallest absolute Gasteiger partial charge is 0.170 e. The first-order valence-corrected chi connectivity index (χ1v) is 9.63. The predicted molar refractivity (Wildman–Crippen MR) is 103 cm³/mol. The van der Waals surface area contributed by atoms with Gasteiger partial charge in [0.1, 0.15) is 0 Å². The average molecular weight is 349 g/mol. The molecule has 0 spiro atoms. The summed E-state index contributed by atoms with van der Waals surface area (Å²) in [6, 6.07) is 18.0. The molecule has 2 aromatic carbocycles. The van der Waals surface area contributed by atoms with Crippen LogP contribution in [0.5, 0.6) is 0 Å². The van der Waals surface area contributed by atoms with Crippen LogP contribution >= 0.6 is 0 Å². The highest BCUT2D eigenvalue weighted by Gasteiger charge is 2.41. The molecular formula is C23H27NO2. The molecule has 0 radical (unpaired) electrons. The number of hydrogen-bond donors (Lipinski definition) is 1. The van der Waals surface area contributed by atoms with E-state index in [1.54, 1.807) is 0 Å². The molecule has 0 saturated carbocycles. The summed E-state index contributed by atoms with van der Waals surface area (Å²) in [4.78, 5) is 15.4. The SMILES string of the molecule is CC1(CN2CCC(O)(c3ccccc3)CC2)CCc2ccccc2C1=O. The number of nitrogens with zero attached hydrogens (tertiary/aromatic N) is 1. The largest absolute Gasteiger partial charge is 0.385 e. The third kappa shape index (κ3) is 3.10. The molecule has 1 saturated heterocycles.